The monoisotopic (exact) mass is 241 g/mol. The van der Waals surface area contributed by atoms with Crippen LogP contribution in [0.3, 0.4) is 0 Å². The van der Waals surface area contributed by atoms with E-state index in [1.54, 1.807) is 0 Å². The molecular formula is C12H19NO4. The van der Waals surface area contributed by atoms with Crippen LogP contribution in [0.25, 0.3) is 0 Å². The number of carbonyl (C=O) groups is 2. The molecule has 0 aromatic heterocycles. The molecule has 0 radical (unpaired) electrons. The molecule has 2 fully saturated rings. The lowest BCUT2D eigenvalue weighted by Crippen LogP contribution is -2.49. The molecule has 5 atom stereocenters. The second kappa shape index (κ2) is 4.74. The molecule has 2 rings (SSSR count). The van der Waals surface area contributed by atoms with Crippen molar-refractivity contribution in [1.82, 2.24) is 5.32 Å². The molecule has 2 N–H and O–H groups in total. The highest BCUT2D eigenvalue weighted by Crippen LogP contribution is 2.34. The van der Waals surface area contributed by atoms with Crippen molar-refractivity contribution in [3.05, 3.63) is 0 Å². The van der Waals surface area contributed by atoms with Crippen molar-refractivity contribution < 1.29 is 19.4 Å². The summed E-state index contributed by atoms with van der Waals surface area (Å²) in [5.41, 5.74) is 0. The fraction of sp³-hybridized carbons (Fsp3) is 0.833. The largest absolute Gasteiger partial charge is 0.394 e. The van der Waals surface area contributed by atoms with Crippen molar-refractivity contribution in [1.29, 1.82) is 0 Å². The summed E-state index contributed by atoms with van der Waals surface area (Å²) in [6.07, 6.45) is 0.961. The van der Waals surface area contributed by atoms with Crippen LogP contribution >= 0.6 is 0 Å². The second-order valence-corrected chi connectivity index (χ2v) is 5.21. The van der Waals surface area contributed by atoms with Gasteiger partial charge in [0.2, 0.25) is 11.8 Å². The van der Waals surface area contributed by atoms with Crippen LogP contribution in [0.4, 0.5) is 0 Å². The van der Waals surface area contributed by atoms with Gasteiger partial charge in [-0.1, -0.05) is 13.8 Å². The first-order valence-corrected chi connectivity index (χ1v) is 6.14. The summed E-state index contributed by atoms with van der Waals surface area (Å²) in [5.74, 6) is -0.586. The van der Waals surface area contributed by atoms with E-state index < -0.39 is 0 Å². The third kappa shape index (κ3) is 2.35. The molecule has 5 heteroatoms. The van der Waals surface area contributed by atoms with Crippen LogP contribution in [-0.2, 0) is 14.3 Å². The average molecular weight is 241 g/mol. The Kier molecular flexibility index (Phi) is 3.49. The Balaban J connectivity index is 2.03. The maximum Gasteiger partial charge on any atom is 0.232 e. The first-order chi connectivity index (χ1) is 8.02. The van der Waals surface area contributed by atoms with E-state index in [9.17, 15) is 9.59 Å². The molecule has 5 unspecified atom stereocenters. The molecule has 2 amide bonds. The van der Waals surface area contributed by atoms with Crippen LogP contribution in [0.2, 0.25) is 0 Å². The number of nitrogens with one attached hydrogen (secondary N) is 1. The zero-order valence-corrected chi connectivity index (χ0v) is 10.2. The molecule has 2 heterocycles. The quantitative estimate of drug-likeness (QED) is 0.671. The molecule has 0 bridgehead atoms. The van der Waals surface area contributed by atoms with Crippen molar-refractivity contribution >= 4 is 11.8 Å². The van der Waals surface area contributed by atoms with Crippen LogP contribution < -0.4 is 5.32 Å². The highest BCUT2D eigenvalue weighted by atomic mass is 16.5. The van der Waals surface area contributed by atoms with Gasteiger partial charge in [-0.25, -0.2) is 0 Å². The lowest BCUT2D eigenvalue weighted by Gasteiger charge is -2.29. The standard InChI is InChI=1S/C12H19NO4/c1-6-4-9(17-10(6)5-14)8-3-7(2)11(15)13-12(8)16/h6-10,14H,3-5H2,1-2H3,(H,13,15,16). The average Bonchev–Trinajstić information content (AvgIpc) is 2.65. The van der Waals surface area contributed by atoms with Gasteiger partial charge >= 0.3 is 0 Å². The van der Waals surface area contributed by atoms with Crippen LogP contribution in [0.1, 0.15) is 26.7 Å². The van der Waals surface area contributed by atoms with Gasteiger partial charge in [-0.05, 0) is 18.8 Å². The van der Waals surface area contributed by atoms with Gasteiger partial charge in [0.05, 0.1) is 24.7 Å². The SMILES string of the molecule is CC1CC(C2CC(C)C(CO)O2)C(=O)NC1=O. The number of amides is 2. The third-order valence-corrected chi connectivity index (χ3v) is 3.86. The van der Waals surface area contributed by atoms with Gasteiger partial charge in [-0.3, -0.25) is 14.9 Å². The van der Waals surface area contributed by atoms with Gasteiger partial charge < -0.3 is 9.84 Å². The number of ether oxygens (including phenoxy) is 1. The van der Waals surface area contributed by atoms with Gasteiger partial charge in [0.1, 0.15) is 0 Å². The molecule has 0 aromatic carbocycles. The third-order valence-electron chi connectivity index (χ3n) is 3.86. The number of aliphatic hydroxyl groups is 1. The van der Waals surface area contributed by atoms with Crippen molar-refractivity contribution in [2.45, 2.75) is 38.9 Å². The fourth-order valence-electron chi connectivity index (χ4n) is 2.67. The summed E-state index contributed by atoms with van der Waals surface area (Å²) in [6.45, 7) is 3.81. The lowest BCUT2D eigenvalue weighted by molar-refractivity contribution is -0.144. The molecule has 2 aliphatic rings. The number of rotatable bonds is 2. The number of aliphatic hydroxyl groups excluding tert-OH is 1. The van der Waals surface area contributed by atoms with E-state index in [0.717, 1.165) is 6.42 Å². The van der Waals surface area contributed by atoms with E-state index in [0.29, 0.717) is 6.42 Å². The molecule has 2 saturated heterocycles. The zero-order valence-electron chi connectivity index (χ0n) is 10.2. The van der Waals surface area contributed by atoms with Gasteiger partial charge in [0.25, 0.3) is 0 Å². The molecule has 5 nitrogen and oxygen atoms in total. The maximum atomic E-state index is 11.8. The van der Waals surface area contributed by atoms with Crippen LogP contribution in [0.15, 0.2) is 0 Å². The van der Waals surface area contributed by atoms with Crippen LogP contribution in [0, 0.1) is 17.8 Å². The Bertz CT molecular complexity index is 330. The molecule has 0 aromatic rings. The van der Waals surface area contributed by atoms with E-state index in [-0.39, 0.29) is 48.4 Å². The predicted molar refractivity (Wildman–Crippen MR) is 59.9 cm³/mol. The summed E-state index contributed by atoms with van der Waals surface area (Å²) in [6, 6.07) is 0. The van der Waals surface area contributed by atoms with Gasteiger partial charge in [-0.15, -0.1) is 0 Å². The lowest BCUT2D eigenvalue weighted by atomic mass is 9.84. The summed E-state index contributed by atoms with van der Waals surface area (Å²) in [5, 5.41) is 11.5. The van der Waals surface area contributed by atoms with E-state index in [2.05, 4.69) is 5.32 Å². The summed E-state index contributed by atoms with van der Waals surface area (Å²) < 4.78 is 5.69. The summed E-state index contributed by atoms with van der Waals surface area (Å²) in [4.78, 5) is 23.1. The smallest absolute Gasteiger partial charge is 0.232 e. The normalized spacial score (nSPS) is 42.6. The molecular weight excluding hydrogens is 222 g/mol. The highest BCUT2D eigenvalue weighted by molar-refractivity contribution is 5.99. The van der Waals surface area contributed by atoms with Crippen molar-refractivity contribution in [2.75, 3.05) is 6.61 Å². The Hall–Kier alpha value is -0.940. The van der Waals surface area contributed by atoms with E-state index >= 15 is 0 Å². The van der Waals surface area contributed by atoms with Crippen LogP contribution in [0.5, 0.6) is 0 Å². The molecule has 0 spiro atoms. The van der Waals surface area contributed by atoms with E-state index in [1.807, 2.05) is 13.8 Å². The number of hydrogen-bond acceptors (Lipinski definition) is 4. The van der Waals surface area contributed by atoms with E-state index in [4.69, 9.17) is 9.84 Å². The van der Waals surface area contributed by atoms with Gasteiger partial charge in [0.15, 0.2) is 0 Å². The molecule has 2 aliphatic heterocycles. The molecule has 0 aliphatic carbocycles. The second-order valence-electron chi connectivity index (χ2n) is 5.21. The minimum absolute atomic E-state index is 0.0134. The maximum absolute atomic E-state index is 11.8. The minimum Gasteiger partial charge on any atom is -0.394 e. The zero-order chi connectivity index (χ0) is 12.6. The van der Waals surface area contributed by atoms with Crippen molar-refractivity contribution in [2.24, 2.45) is 17.8 Å². The van der Waals surface area contributed by atoms with Crippen LogP contribution in [-0.4, -0.2) is 35.7 Å². The highest BCUT2D eigenvalue weighted by Gasteiger charge is 2.43. The Labute approximate surface area is 101 Å². The Morgan fingerprint density at radius 1 is 1.29 bits per heavy atom. The number of carbonyl (C=O) groups excluding carboxylic acids is 2. The Morgan fingerprint density at radius 2 is 2.00 bits per heavy atom. The summed E-state index contributed by atoms with van der Waals surface area (Å²) >= 11 is 0. The topological polar surface area (TPSA) is 75.6 Å². The van der Waals surface area contributed by atoms with Gasteiger partial charge in [0, 0.05) is 5.92 Å². The van der Waals surface area contributed by atoms with Gasteiger partial charge in [-0.2, -0.15) is 0 Å². The predicted octanol–water partition coefficient (Wildman–Crippen LogP) is 0.0711. The Morgan fingerprint density at radius 3 is 2.59 bits per heavy atom. The van der Waals surface area contributed by atoms with Crippen molar-refractivity contribution in [3.8, 4) is 0 Å². The van der Waals surface area contributed by atoms with E-state index in [1.165, 1.54) is 0 Å². The minimum atomic E-state index is -0.262. The number of piperidine rings is 1. The molecule has 96 valence electrons. The van der Waals surface area contributed by atoms with Crippen molar-refractivity contribution in [3.63, 3.8) is 0 Å². The number of hydrogen-bond donors (Lipinski definition) is 2. The molecule has 0 saturated carbocycles. The first-order valence-electron chi connectivity index (χ1n) is 6.14. The fourth-order valence-corrected chi connectivity index (χ4v) is 2.67. The molecule has 17 heavy (non-hydrogen) atoms. The number of imide groups is 1. The first kappa shape index (κ1) is 12.5. The summed E-state index contributed by atoms with van der Waals surface area (Å²) in [7, 11) is 0.